The molecule has 2 aromatic rings. The van der Waals surface area contributed by atoms with Crippen molar-refractivity contribution in [1.29, 1.82) is 0 Å². The predicted octanol–water partition coefficient (Wildman–Crippen LogP) is 8.28. The van der Waals surface area contributed by atoms with Gasteiger partial charge in [-0.2, -0.15) is 0 Å². The van der Waals surface area contributed by atoms with Gasteiger partial charge in [-0.1, -0.05) is 91.8 Å². The van der Waals surface area contributed by atoms with E-state index < -0.39 is 0 Å². The van der Waals surface area contributed by atoms with Crippen LogP contribution >= 0.6 is 0 Å². The van der Waals surface area contributed by atoms with Gasteiger partial charge in [-0.05, 0) is 45.9 Å². The number of hydrogen-bond acceptors (Lipinski definition) is 2. The van der Waals surface area contributed by atoms with Gasteiger partial charge >= 0.3 is 0 Å². The van der Waals surface area contributed by atoms with Gasteiger partial charge < -0.3 is 0 Å². The summed E-state index contributed by atoms with van der Waals surface area (Å²) in [6.07, 6.45) is 3.71. The summed E-state index contributed by atoms with van der Waals surface area (Å²) in [5.74, 6) is 1.77. The van der Waals surface area contributed by atoms with Gasteiger partial charge in [0.05, 0.1) is 11.4 Å². The van der Waals surface area contributed by atoms with Crippen LogP contribution in [0.15, 0.2) is 46.4 Å². The first-order valence-electron chi connectivity index (χ1n) is 10.6. The minimum atomic E-state index is 0. The van der Waals surface area contributed by atoms with Gasteiger partial charge in [0, 0.05) is 33.5 Å². The van der Waals surface area contributed by atoms with Crippen molar-refractivity contribution in [2.75, 3.05) is 0 Å². The van der Waals surface area contributed by atoms with Crippen LogP contribution in [0.4, 0.5) is 11.4 Å². The molecule has 0 unspecified atom stereocenters. The number of hydrogen-bond donors (Lipinski definition) is 0. The number of benzene rings is 2. The zero-order valence-corrected chi connectivity index (χ0v) is 21.4. The summed E-state index contributed by atoms with van der Waals surface area (Å²) in [5, 5.41) is 0. The second-order valence-electron chi connectivity index (χ2n) is 8.75. The van der Waals surface area contributed by atoms with Crippen LogP contribution < -0.4 is 0 Å². The second-order valence-corrected chi connectivity index (χ2v) is 8.75. The monoisotopic (exact) mass is 571 g/mol. The molecule has 0 spiro atoms. The molecule has 0 aromatic heterocycles. The molecule has 0 bridgehead atoms. The van der Waals surface area contributed by atoms with Crippen molar-refractivity contribution in [1.82, 2.24) is 0 Å². The van der Waals surface area contributed by atoms with Crippen LogP contribution in [0.25, 0.3) is 0 Å². The van der Waals surface area contributed by atoms with E-state index >= 15 is 0 Å². The van der Waals surface area contributed by atoms with Crippen molar-refractivity contribution >= 4 is 23.8 Å². The third-order valence-electron chi connectivity index (χ3n) is 5.16. The third-order valence-corrected chi connectivity index (χ3v) is 5.16. The molecule has 0 aliphatic carbocycles. The van der Waals surface area contributed by atoms with E-state index in [0.717, 1.165) is 11.4 Å². The first-order chi connectivity index (χ1) is 13.2. The van der Waals surface area contributed by atoms with Crippen molar-refractivity contribution < 1.29 is 21.1 Å². The smallest absolute Gasteiger partial charge is 0.0699 e. The Kier molecular flexibility index (Phi) is 10.2. The van der Waals surface area contributed by atoms with E-state index in [2.05, 4.69) is 91.8 Å². The van der Waals surface area contributed by atoms with Gasteiger partial charge in [0.2, 0.25) is 0 Å². The largest absolute Gasteiger partial charge is 0.255 e. The first-order valence-corrected chi connectivity index (χ1v) is 10.6. The average molecular weight is 572 g/mol. The molecule has 0 radical (unpaired) electrons. The SMILES string of the molecule is CC(C)c1cccc(C(C)C)c1N=CC=Nc1c(C(C)C)cccc1C(C)C.[Pt]. The zero-order valence-electron chi connectivity index (χ0n) is 19.1. The molecule has 29 heavy (non-hydrogen) atoms. The third kappa shape index (κ3) is 6.48. The van der Waals surface area contributed by atoms with Gasteiger partial charge in [-0.3, -0.25) is 9.98 Å². The summed E-state index contributed by atoms with van der Waals surface area (Å²) in [6, 6.07) is 13.0. The molecule has 0 saturated carbocycles. The Bertz CT molecular complexity index is 722. The summed E-state index contributed by atoms with van der Waals surface area (Å²) >= 11 is 0. The Hall–Kier alpha value is -1.53. The molecule has 0 aliphatic rings. The van der Waals surface area contributed by atoms with E-state index in [4.69, 9.17) is 9.98 Å². The maximum Gasteiger partial charge on any atom is 0.0699 e. The standard InChI is InChI=1S/C26H36N2.Pt/c1-17(2)21-11-9-12-22(18(3)4)25(21)27-15-16-28-26-23(19(5)6)13-10-14-24(26)20(7)8;/h9-20H,1-8H3;. The van der Waals surface area contributed by atoms with Crippen molar-refractivity contribution in [2.24, 2.45) is 9.98 Å². The Labute approximate surface area is 192 Å². The van der Waals surface area contributed by atoms with E-state index in [1.165, 1.54) is 22.3 Å². The summed E-state index contributed by atoms with van der Waals surface area (Å²) in [6.45, 7) is 17.8. The minimum Gasteiger partial charge on any atom is -0.255 e. The van der Waals surface area contributed by atoms with E-state index in [1.54, 1.807) is 0 Å². The van der Waals surface area contributed by atoms with Crippen molar-refractivity contribution in [3.63, 3.8) is 0 Å². The maximum absolute atomic E-state index is 4.84. The van der Waals surface area contributed by atoms with Crippen molar-refractivity contribution in [3.8, 4) is 0 Å². The van der Waals surface area contributed by atoms with Crippen LogP contribution in [0.2, 0.25) is 0 Å². The first kappa shape index (κ1) is 25.5. The summed E-state index contributed by atoms with van der Waals surface area (Å²) in [7, 11) is 0. The molecule has 0 fully saturated rings. The molecule has 0 heterocycles. The fraction of sp³-hybridized carbons (Fsp3) is 0.462. The Morgan fingerprint density at radius 1 is 0.517 bits per heavy atom. The summed E-state index contributed by atoms with van der Waals surface area (Å²) in [5.41, 5.74) is 7.37. The quantitative estimate of drug-likeness (QED) is 0.299. The Morgan fingerprint density at radius 3 is 0.966 bits per heavy atom. The van der Waals surface area contributed by atoms with Crippen LogP contribution in [-0.2, 0) is 21.1 Å². The zero-order chi connectivity index (χ0) is 20.8. The fourth-order valence-corrected chi connectivity index (χ4v) is 3.54. The topological polar surface area (TPSA) is 24.7 Å². The number of para-hydroxylation sites is 2. The number of rotatable bonds is 7. The van der Waals surface area contributed by atoms with E-state index in [0.29, 0.717) is 23.7 Å². The van der Waals surface area contributed by atoms with Crippen LogP contribution in [0, 0.1) is 0 Å². The molecule has 2 nitrogen and oxygen atoms in total. The van der Waals surface area contributed by atoms with E-state index in [9.17, 15) is 0 Å². The van der Waals surface area contributed by atoms with Gasteiger partial charge in [0.1, 0.15) is 0 Å². The maximum atomic E-state index is 4.84. The molecule has 2 rings (SSSR count). The van der Waals surface area contributed by atoms with Crippen LogP contribution in [0.5, 0.6) is 0 Å². The van der Waals surface area contributed by atoms with E-state index in [1.807, 2.05) is 12.4 Å². The number of nitrogens with zero attached hydrogens (tertiary/aromatic N) is 2. The van der Waals surface area contributed by atoms with Gasteiger partial charge in [-0.25, -0.2) is 0 Å². The molecule has 0 N–H and O–H groups in total. The van der Waals surface area contributed by atoms with Crippen LogP contribution in [-0.4, -0.2) is 12.4 Å². The molecule has 0 atom stereocenters. The molecular formula is C26H36N2Pt. The van der Waals surface area contributed by atoms with Gasteiger partial charge in [0.15, 0.2) is 0 Å². The molecule has 0 amide bonds. The average Bonchev–Trinajstić information content (AvgIpc) is 2.64. The Morgan fingerprint density at radius 2 is 0.759 bits per heavy atom. The molecule has 3 heteroatoms. The van der Waals surface area contributed by atoms with Crippen LogP contribution in [0.1, 0.15) is 101 Å². The molecular weight excluding hydrogens is 535 g/mol. The summed E-state index contributed by atoms with van der Waals surface area (Å²) < 4.78 is 0. The van der Waals surface area contributed by atoms with Gasteiger partial charge in [0.25, 0.3) is 0 Å². The minimum absolute atomic E-state index is 0. The molecule has 0 saturated heterocycles. The molecule has 0 aliphatic heterocycles. The van der Waals surface area contributed by atoms with Crippen LogP contribution in [0.3, 0.4) is 0 Å². The van der Waals surface area contributed by atoms with Crippen molar-refractivity contribution in [2.45, 2.75) is 79.1 Å². The fourth-order valence-electron chi connectivity index (χ4n) is 3.54. The van der Waals surface area contributed by atoms with Crippen molar-refractivity contribution in [3.05, 3.63) is 58.7 Å². The number of aliphatic imine (C=N–C) groups is 2. The normalized spacial score (nSPS) is 12.1. The summed E-state index contributed by atoms with van der Waals surface area (Å²) in [4.78, 5) is 9.68. The van der Waals surface area contributed by atoms with Gasteiger partial charge in [-0.15, -0.1) is 0 Å². The molecule has 2 aromatic carbocycles. The van der Waals surface area contributed by atoms with E-state index in [-0.39, 0.29) is 21.1 Å². The second kappa shape index (κ2) is 11.6. The molecule has 160 valence electrons. The predicted molar refractivity (Wildman–Crippen MR) is 126 cm³/mol. The Balaban J connectivity index is 0.00000420.